The molecule has 26 heavy (non-hydrogen) atoms. The van der Waals surface area contributed by atoms with Crippen LogP contribution in [0.1, 0.15) is 26.5 Å². The summed E-state index contributed by atoms with van der Waals surface area (Å²) in [6.07, 6.45) is 0. The van der Waals surface area contributed by atoms with Crippen molar-refractivity contribution in [2.45, 2.75) is 26.2 Å². The zero-order valence-electron chi connectivity index (χ0n) is 16.0. The van der Waals surface area contributed by atoms with E-state index in [2.05, 4.69) is 54.7 Å². The molecule has 0 bridgehead atoms. The number of para-hydroxylation sites is 3. The largest absolute Gasteiger partial charge is 0.485 e. The van der Waals surface area contributed by atoms with Crippen molar-refractivity contribution < 1.29 is 4.74 Å². The van der Waals surface area contributed by atoms with Crippen LogP contribution in [0.15, 0.2) is 60.8 Å². The van der Waals surface area contributed by atoms with Gasteiger partial charge < -0.3 is 15.8 Å². The zero-order chi connectivity index (χ0) is 19.2. The lowest BCUT2D eigenvalue weighted by molar-refractivity contribution is 0.346. The second-order valence-electron chi connectivity index (χ2n) is 6.88. The second-order valence-corrected chi connectivity index (χ2v) is 6.88. The number of aromatic amines is 1. The lowest BCUT2D eigenvalue weighted by atomic mass is 9.90. The van der Waals surface area contributed by atoms with Gasteiger partial charge in [-0.1, -0.05) is 57.7 Å². The predicted molar refractivity (Wildman–Crippen MR) is 110 cm³/mol. The first-order chi connectivity index (χ1) is 12.4. The van der Waals surface area contributed by atoms with Crippen LogP contribution in [0, 0.1) is 0 Å². The molecule has 138 valence electrons. The van der Waals surface area contributed by atoms with Gasteiger partial charge >= 0.3 is 0 Å². The normalized spacial score (nSPS) is 12.6. The van der Waals surface area contributed by atoms with Gasteiger partial charge in [-0.15, -0.1) is 0 Å². The van der Waals surface area contributed by atoms with Gasteiger partial charge in [0.15, 0.2) is 0 Å². The van der Waals surface area contributed by atoms with Crippen LogP contribution in [0.5, 0.6) is 5.75 Å². The first-order valence-electron chi connectivity index (χ1n) is 8.63. The minimum absolute atomic E-state index is 0.135. The van der Waals surface area contributed by atoms with Crippen molar-refractivity contribution in [1.29, 1.82) is 0 Å². The van der Waals surface area contributed by atoms with Crippen molar-refractivity contribution in [2.75, 3.05) is 19.0 Å². The van der Waals surface area contributed by atoms with Gasteiger partial charge in [-0.3, -0.25) is 5.10 Å². The smallest absolute Gasteiger partial charge is 0.143 e. The standard InChI is InChI=1S/C11H14N2.C9H9NO.CH5N/c1-11(2,3)10-8-6-4-5-7-9(8)12-13-10;1-7-6-11-9-5-3-2-4-8(9)10-7;1-2/h4-7H,1-3H3,(H,12,13);2-5,10H,1,6H2;2H2,1H3. The molecule has 2 heterocycles. The number of H-pyrrole nitrogens is 1. The van der Waals surface area contributed by atoms with E-state index >= 15 is 0 Å². The summed E-state index contributed by atoms with van der Waals surface area (Å²) in [6, 6.07) is 16.0. The minimum atomic E-state index is 0.135. The van der Waals surface area contributed by atoms with Crippen molar-refractivity contribution in [1.82, 2.24) is 10.2 Å². The van der Waals surface area contributed by atoms with Crippen LogP contribution in [0.2, 0.25) is 0 Å². The summed E-state index contributed by atoms with van der Waals surface area (Å²) in [5, 5.41) is 11.7. The van der Waals surface area contributed by atoms with Crippen molar-refractivity contribution in [2.24, 2.45) is 5.73 Å². The molecule has 4 rings (SSSR count). The van der Waals surface area contributed by atoms with Gasteiger partial charge in [0.05, 0.1) is 11.2 Å². The van der Waals surface area contributed by atoms with Crippen LogP contribution in [-0.2, 0) is 5.41 Å². The van der Waals surface area contributed by atoms with Crippen LogP contribution in [0.3, 0.4) is 0 Å². The highest BCUT2D eigenvalue weighted by molar-refractivity contribution is 5.82. The number of rotatable bonds is 0. The minimum Gasteiger partial charge on any atom is -0.485 e. The second kappa shape index (κ2) is 8.54. The van der Waals surface area contributed by atoms with Gasteiger partial charge in [0.2, 0.25) is 0 Å². The van der Waals surface area contributed by atoms with E-state index in [-0.39, 0.29) is 5.41 Å². The number of anilines is 1. The Bertz CT molecular complexity index is 862. The molecule has 1 aromatic heterocycles. The summed E-state index contributed by atoms with van der Waals surface area (Å²) in [4.78, 5) is 0. The number of fused-ring (bicyclic) bond motifs is 2. The Morgan fingerprint density at radius 3 is 2.42 bits per heavy atom. The average Bonchev–Trinajstić information content (AvgIpc) is 3.08. The van der Waals surface area contributed by atoms with Crippen LogP contribution < -0.4 is 15.8 Å². The monoisotopic (exact) mass is 352 g/mol. The molecule has 0 radical (unpaired) electrons. The molecule has 0 saturated heterocycles. The molecule has 0 atom stereocenters. The third kappa shape index (κ3) is 4.64. The Morgan fingerprint density at radius 1 is 1.04 bits per heavy atom. The molecule has 0 amide bonds. The molecule has 0 fully saturated rings. The maximum Gasteiger partial charge on any atom is 0.143 e. The van der Waals surface area contributed by atoms with E-state index < -0.39 is 0 Å². The predicted octanol–water partition coefficient (Wildman–Crippen LogP) is 4.44. The van der Waals surface area contributed by atoms with Gasteiger partial charge in [-0.2, -0.15) is 5.10 Å². The molecule has 0 saturated carbocycles. The van der Waals surface area contributed by atoms with Crippen molar-refractivity contribution in [3.63, 3.8) is 0 Å². The molecule has 2 aromatic carbocycles. The van der Waals surface area contributed by atoms with E-state index in [4.69, 9.17) is 4.74 Å². The van der Waals surface area contributed by atoms with Gasteiger partial charge in [0.1, 0.15) is 12.4 Å². The summed E-state index contributed by atoms with van der Waals surface area (Å²) in [5.41, 5.74) is 8.80. The molecule has 0 unspecified atom stereocenters. The third-order valence-electron chi connectivity index (χ3n) is 3.81. The molecule has 0 spiro atoms. The highest BCUT2D eigenvalue weighted by Crippen LogP contribution is 2.28. The Hall–Kier alpha value is -2.79. The topological polar surface area (TPSA) is 76.0 Å². The van der Waals surface area contributed by atoms with E-state index in [1.165, 1.54) is 18.1 Å². The summed E-state index contributed by atoms with van der Waals surface area (Å²) >= 11 is 0. The lowest BCUT2D eigenvalue weighted by Crippen LogP contribution is -2.14. The molecular weight excluding hydrogens is 324 g/mol. The van der Waals surface area contributed by atoms with Gasteiger partial charge in [0.25, 0.3) is 0 Å². The number of nitrogens with two attached hydrogens (primary N) is 1. The van der Waals surface area contributed by atoms with Crippen molar-refractivity contribution >= 4 is 16.6 Å². The fourth-order valence-electron chi connectivity index (χ4n) is 2.62. The first-order valence-corrected chi connectivity index (χ1v) is 8.63. The maximum absolute atomic E-state index is 5.37. The van der Waals surface area contributed by atoms with E-state index in [1.54, 1.807) is 0 Å². The average molecular weight is 352 g/mol. The molecule has 5 heteroatoms. The number of aromatic nitrogens is 2. The SMILES string of the molecule is C=C1COc2ccccc2N1.CC(C)(C)c1[nH]nc2ccccc12.CN. The van der Waals surface area contributed by atoms with Crippen LogP contribution in [-0.4, -0.2) is 23.9 Å². The van der Waals surface area contributed by atoms with Crippen molar-refractivity contribution in [3.8, 4) is 5.75 Å². The fourth-order valence-corrected chi connectivity index (χ4v) is 2.62. The number of benzene rings is 2. The van der Waals surface area contributed by atoms with Gasteiger partial charge in [-0.25, -0.2) is 0 Å². The number of hydrogen-bond donors (Lipinski definition) is 3. The Morgan fingerprint density at radius 2 is 1.69 bits per heavy atom. The number of nitrogens with one attached hydrogen (secondary N) is 2. The highest BCUT2D eigenvalue weighted by atomic mass is 16.5. The Balaban J connectivity index is 0.000000173. The van der Waals surface area contributed by atoms with Gasteiger partial charge in [-0.05, 0) is 25.2 Å². The molecule has 4 N–H and O–H groups in total. The first kappa shape index (κ1) is 19.5. The summed E-state index contributed by atoms with van der Waals surface area (Å²) in [7, 11) is 1.50. The Labute approximate surface area is 155 Å². The molecule has 0 aliphatic carbocycles. The van der Waals surface area contributed by atoms with Crippen LogP contribution in [0.4, 0.5) is 5.69 Å². The third-order valence-corrected chi connectivity index (χ3v) is 3.81. The molecule has 1 aliphatic rings. The van der Waals surface area contributed by atoms with Crippen molar-refractivity contribution in [3.05, 3.63) is 66.5 Å². The zero-order valence-corrected chi connectivity index (χ0v) is 16.0. The molecule has 1 aliphatic heterocycles. The molecule has 5 nitrogen and oxygen atoms in total. The lowest BCUT2D eigenvalue weighted by Gasteiger charge is -2.20. The summed E-state index contributed by atoms with van der Waals surface area (Å²) in [6.45, 7) is 10.9. The maximum atomic E-state index is 5.37. The summed E-state index contributed by atoms with van der Waals surface area (Å²) < 4.78 is 5.37. The van der Waals surface area contributed by atoms with Gasteiger partial charge in [0, 0.05) is 22.2 Å². The molecule has 3 aromatic rings. The molecular formula is C21H28N4O. The summed E-state index contributed by atoms with van der Waals surface area (Å²) in [5.74, 6) is 0.903. The highest BCUT2D eigenvalue weighted by Gasteiger charge is 2.18. The van der Waals surface area contributed by atoms with E-state index in [9.17, 15) is 0 Å². The number of ether oxygens (including phenoxy) is 1. The fraction of sp³-hybridized carbons (Fsp3) is 0.286. The van der Waals surface area contributed by atoms with E-state index in [0.29, 0.717) is 6.61 Å². The van der Waals surface area contributed by atoms with Crippen LogP contribution >= 0.6 is 0 Å². The quantitative estimate of drug-likeness (QED) is 0.559. The van der Waals surface area contributed by atoms with E-state index in [0.717, 1.165) is 22.7 Å². The van der Waals surface area contributed by atoms with E-state index in [1.807, 2.05) is 42.5 Å². The van der Waals surface area contributed by atoms with Crippen LogP contribution in [0.25, 0.3) is 10.9 Å². The number of hydrogen-bond acceptors (Lipinski definition) is 4. The Kier molecular flexibility index (Phi) is 6.41. The number of nitrogens with zero attached hydrogens (tertiary/aromatic N) is 1.